The van der Waals surface area contributed by atoms with Crippen LogP contribution in [0.3, 0.4) is 0 Å². The Labute approximate surface area is 161 Å². The summed E-state index contributed by atoms with van der Waals surface area (Å²) >= 11 is 0. The minimum absolute atomic E-state index is 0.182. The van der Waals surface area contributed by atoms with Gasteiger partial charge in [-0.25, -0.2) is 4.79 Å². The molecule has 0 radical (unpaired) electrons. The lowest BCUT2D eigenvalue weighted by atomic mass is 10.0. The molecular weight excluding hydrogens is 356 g/mol. The van der Waals surface area contributed by atoms with Gasteiger partial charge in [0, 0.05) is 5.69 Å². The van der Waals surface area contributed by atoms with E-state index in [9.17, 15) is 14.7 Å². The lowest BCUT2D eigenvalue weighted by Crippen LogP contribution is -2.20. The number of esters is 1. The first-order valence-corrected chi connectivity index (χ1v) is 8.42. The van der Waals surface area contributed by atoms with Gasteiger partial charge in [0.2, 0.25) is 0 Å². The number of nitrogens with one attached hydrogen (secondary N) is 1. The van der Waals surface area contributed by atoms with Crippen molar-refractivity contribution in [2.24, 2.45) is 0 Å². The van der Waals surface area contributed by atoms with E-state index in [1.165, 1.54) is 6.07 Å². The average Bonchev–Trinajstić information content (AvgIpc) is 2.73. The van der Waals surface area contributed by atoms with E-state index in [4.69, 9.17) is 10.00 Å². The fraction of sp³-hybridized carbons (Fsp3) is 0.0455. The normalized spacial score (nSPS) is 9.96. The van der Waals surface area contributed by atoms with E-state index in [1.54, 1.807) is 66.7 Å². The number of nitriles is 1. The minimum atomic E-state index is -0.613. The largest absolute Gasteiger partial charge is 0.508 e. The van der Waals surface area contributed by atoms with Crippen LogP contribution in [0.2, 0.25) is 0 Å². The van der Waals surface area contributed by atoms with Crippen LogP contribution in [0.1, 0.15) is 15.9 Å². The maximum absolute atomic E-state index is 12.1. The molecule has 0 aromatic heterocycles. The van der Waals surface area contributed by atoms with Gasteiger partial charge in [0.05, 0.1) is 17.2 Å². The number of hydrogen-bond donors (Lipinski definition) is 2. The van der Waals surface area contributed by atoms with Gasteiger partial charge in [-0.1, -0.05) is 30.3 Å². The second kappa shape index (κ2) is 8.52. The molecule has 6 heteroatoms. The highest BCUT2D eigenvalue weighted by atomic mass is 16.5. The molecule has 0 fully saturated rings. The van der Waals surface area contributed by atoms with Crippen molar-refractivity contribution in [3.8, 4) is 22.9 Å². The van der Waals surface area contributed by atoms with Crippen LogP contribution >= 0.6 is 0 Å². The Morgan fingerprint density at radius 3 is 2.25 bits per heavy atom. The van der Waals surface area contributed by atoms with Crippen molar-refractivity contribution in [1.82, 2.24) is 0 Å². The number of hydrogen-bond acceptors (Lipinski definition) is 5. The molecule has 2 N–H and O–H groups in total. The fourth-order valence-electron chi connectivity index (χ4n) is 2.53. The number of phenols is 1. The number of carbonyl (C=O) groups excluding carboxylic acids is 2. The van der Waals surface area contributed by atoms with Gasteiger partial charge >= 0.3 is 5.97 Å². The Kier molecular flexibility index (Phi) is 5.68. The molecule has 3 rings (SSSR count). The zero-order valence-electron chi connectivity index (χ0n) is 14.8. The van der Waals surface area contributed by atoms with Crippen LogP contribution in [0.5, 0.6) is 5.75 Å². The number of aromatic hydroxyl groups is 1. The predicted octanol–water partition coefficient (Wildman–Crippen LogP) is 3.73. The summed E-state index contributed by atoms with van der Waals surface area (Å²) in [5, 5.41) is 20.8. The van der Waals surface area contributed by atoms with Crippen molar-refractivity contribution < 1.29 is 19.4 Å². The van der Waals surface area contributed by atoms with Crippen LogP contribution in [-0.4, -0.2) is 23.6 Å². The topological polar surface area (TPSA) is 99.4 Å². The second-order valence-corrected chi connectivity index (χ2v) is 5.94. The fourth-order valence-corrected chi connectivity index (χ4v) is 2.53. The molecule has 0 saturated carbocycles. The molecular formula is C22H16N2O4. The van der Waals surface area contributed by atoms with Gasteiger partial charge < -0.3 is 15.2 Å². The van der Waals surface area contributed by atoms with Crippen molar-refractivity contribution in [2.45, 2.75) is 0 Å². The molecule has 1 amide bonds. The molecule has 3 aromatic carbocycles. The number of carbonyl (C=O) groups is 2. The molecule has 0 aliphatic carbocycles. The van der Waals surface area contributed by atoms with Gasteiger partial charge in [-0.05, 0) is 53.6 Å². The van der Waals surface area contributed by atoms with E-state index in [0.29, 0.717) is 16.8 Å². The molecule has 0 bridgehead atoms. The summed E-state index contributed by atoms with van der Waals surface area (Å²) in [4.78, 5) is 24.0. The Morgan fingerprint density at radius 2 is 1.61 bits per heavy atom. The quantitative estimate of drug-likeness (QED) is 0.665. The smallest absolute Gasteiger partial charge is 0.338 e. The molecule has 0 spiro atoms. The Bertz CT molecular complexity index is 1040. The Balaban J connectivity index is 1.56. The summed E-state index contributed by atoms with van der Waals surface area (Å²) in [5.41, 5.74) is 2.98. The van der Waals surface area contributed by atoms with Crippen molar-refractivity contribution in [3.05, 3.63) is 83.9 Å². The van der Waals surface area contributed by atoms with Crippen LogP contribution in [0.4, 0.5) is 5.69 Å². The first-order valence-electron chi connectivity index (χ1n) is 8.42. The number of rotatable bonds is 5. The number of amides is 1. The van der Waals surface area contributed by atoms with Crippen molar-refractivity contribution in [2.75, 3.05) is 11.9 Å². The van der Waals surface area contributed by atoms with Crippen molar-refractivity contribution in [3.63, 3.8) is 0 Å². The van der Waals surface area contributed by atoms with E-state index in [2.05, 4.69) is 5.32 Å². The first kappa shape index (κ1) is 18.7. The van der Waals surface area contributed by atoms with Crippen molar-refractivity contribution in [1.29, 1.82) is 5.26 Å². The van der Waals surface area contributed by atoms with Crippen LogP contribution in [0.15, 0.2) is 72.8 Å². The number of ether oxygens (including phenoxy) is 1. The number of phenolic OH excluding ortho intramolecular Hbond substituents is 1. The third-order valence-corrected chi connectivity index (χ3v) is 3.93. The SMILES string of the molecule is N#Cc1cccc(NC(=O)COC(=O)c2ccc(-c3ccc(O)cc3)cc2)c1. The molecule has 0 saturated heterocycles. The molecule has 0 unspecified atom stereocenters. The molecule has 0 heterocycles. The van der Waals surface area contributed by atoms with Gasteiger partial charge in [0.25, 0.3) is 5.91 Å². The van der Waals surface area contributed by atoms with E-state index >= 15 is 0 Å². The lowest BCUT2D eigenvalue weighted by Gasteiger charge is -2.08. The molecule has 3 aromatic rings. The van der Waals surface area contributed by atoms with Crippen LogP contribution in [0, 0.1) is 11.3 Å². The molecule has 0 aliphatic rings. The summed E-state index contributed by atoms with van der Waals surface area (Å²) in [5.74, 6) is -0.927. The summed E-state index contributed by atoms with van der Waals surface area (Å²) in [6, 6.07) is 21.9. The maximum atomic E-state index is 12.1. The van der Waals surface area contributed by atoms with Crippen LogP contribution < -0.4 is 5.32 Å². The average molecular weight is 372 g/mol. The molecule has 0 aliphatic heterocycles. The summed E-state index contributed by atoms with van der Waals surface area (Å²) in [6.07, 6.45) is 0. The van der Waals surface area contributed by atoms with Gasteiger partial charge in [-0.2, -0.15) is 5.26 Å². The highest BCUT2D eigenvalue weighted by molar-refractivity contribution is 5.95. The third-order valence-electron chi connectivity index (χ3n) is 3.93. The minimum Gasteiger partial charge on any atom is -0.508 e. The van der Waals surface area contributed by atoms with E-state index < -0.39 is 18.5 Å². The predicted molar refractivity (Wildman–Crippen MR) is 104 cm³/mol. The molecule has 0 atom stereocenters. The Hall–Kier alpha value is -4.11. The summed E-state index contributed by atoms with van der Waals surface area (Å²) in [7, 11) is 0. The lowest BCUT2D eigenvalue weighted by molar-refractivity contribution is -0.119. The summed E-state index contributed by atoms with van der Waals surface area (Å²) in [6.45, 7) is -0.435. The van der Waals surface area contributed by atoms with Crippen molar-refractivity contribution >= 4 is 17.6 Å². The van der Waals surface area contributed by atoms with Gasteiger partial charge in [0.15, 0.2) is 6.61 Å². The zero-order chi connectivity index (χ0) is 19.9. The number of anilines is 1. The highest BCUT2D eigenvalue weighted by Gasteiger charge is 2.11. The maximum Gasteiger partial charge on any atom is 0.338 e. The Morgan fingerprint density at radius 1 is 0.964 bits per heavy atom. The third kappa shape index (κ3) is 4.74. The zero-order valence-corrected chi connectivity index (χ0v) is 14.8. The standard InChI is InChI=1S/C22H16N2O4/c23-13-15-2-1-3-19(12-15)24-21(26)14-28-22(27)18-6-4-16(5-7-18)17-8-10-20(25)11-9-17/h1-12,25H,14H2,(H,24,26). The molecule has 138 valence electrons. The van der Waals surface area contributed by atoms with Gasteiger partial charge in [-0.15, -0.1) is 0 Å². The highest BCUT2D eigenvalue weighted by Crippen LogP contribution is 2.22. The number of benzene rings is 3. The summed E-state index contributed by atoms with van der Waals surface area (Å²) < 4.78 is 5.03. The van der Waals surface area contributed by atoms with E-state index in [-0.39, 0.29) is 5.75 Å². The van der Waals surface area contributed by atoms with E-state index in [1.807, 2.05) is 6.07 Å². The van der Waals surface area contributed by atoms with E-state index in [0.717, 1.165) is 11.1 Å². The number of nitrogens with zero attached hydrogens (tertiary/aromatic N) is 1. The second-order valence-electron chi connectivity index (χ2n) is 5.94. The van der Waals surface area contributed by atoms with Gasteiger partial charge in [-0.3, -0.25) is 4.79 Å². The molecule has 6 nitrogen and oxygen atoms in total. The van der Waals surface area contributed by atoms with Crippen LogP contribution in [-0.2, 0) is 9.53 Å². The first-order chi connectivity index (χ1) is 13.5. The van der Waals surface area contributed by atoms with Gasteiger partial charge in [0.1, 0.15) is 5.75 Å². The monoisotopic (exact) mass is 372 g/mol. The molecule has 28 heavy (non-hydrogen) atoms. The van der Waals surface area contributed by atoms with Crippen LogP contribution in [0.25, 0.3) is 11.1 Å².